The number of benzene rings is 2. The Morgan fingerprint density at radius 1 is 1.16 bits per heavy atom. The molecule has 0 radical (unpaired) electrons. The predicted molar refractivity (Wildman–Crippen MR) is 116 cm³/mol. The van der Waals surface area contributed by atoms with Crippen LogP contribution in [0.25, 0.3) is 11.4 Å². The van der Waals surface area contributed by atoms with Gasteiger partial charge in [-0.2, -0.15) is 0 Å². The minimum absolute atomic E-state index is 0.0206. The number of hydrogen-bond acceptors (Lipinski definition) is 4. The highest BCUT2D eigenvalue weighted by Gasteiger charge is 2.45. The molecule has 31 heavy (non-hydrogen) atoms. The molecule has 0 spiro atoms. The van der Waals surface area contributed by atoms with Crippen molar-refractivity contribution in [1.29, 1.82) is 0 Å². The number of fused-ring (bicyclic) bond motifs is 1. The van der Waals surface area contributed by atoms with Gasteiger partial charge in [0.15, 0.2) is 5.82 Å². The summed E-state index contributed by atoms with van der Waals surface area (Å²) in [5, 5.41) is 3.69. The molecule has 7 heteroatoms. The SMILES string of the molecule is O=C(NC[C@@H]1Cc2c(F)ccc(-c3ncccn3)c2O1)C1(c2ccc(Cl)cc2)CCC1. The van der Waals surface area contributed by atoms with Crippen molar-refractivity contribution in [3.63, 3.8) is 0 Å². The molecule has 1 fully saturated rings. The lowest BCUT2D eigenvalue weighted by molar-refractivity contribution is -0.130. The van der Waals surface area contributed by atoms with E-state index in [-0.39, 0.29) is 17.8 Å². The summed E-state index contributed by atoms with van der Waals surface area (Å²) in [5.41, 5.74) is 1.61. The predicted octanol–water partition coefficient (Wildman–Crippen LogP) is 4.48. The normalized spacial score (nSPS) is 18.6. The van der Waals surface area contributed by atoms with Crippen molar-refractivity contribution in [3.05, 3.63) is 76.8 Å². The van der Waals surface area contributed by atoms with Crippen LogP contribution in [0.1, 0.15) is 30.4 Å². The third-order valence-corrected chi connectivity index (χ3v) is 6.51. The molecule has 158 valence electrons. The molecule has 3 aromatic rings. The van der Waals surface area contributed by atoms with Crippen molar-refractivity contribution in [2.45, 2.75) is 37.2 Å². The second kappa shape index (κ2) is 7.93. The standard InChI is InChI=1S/C24H21ClFN3O2/c25-16-5-3-15(4-6-16)24(9-1-10-24)23(30)29-14-17-13-19-20(26)8-7-18(21(19)31-17)22-27-11-2-12-28-22/h2-8,11-12,17H,1,9-10,13-14H2,(H,29,30)/t17-/m0/s1. The Morgan fingerprint density at radius 2 is 1.90 bits per heavy atom. The van der Waals surface area contributed by atoms with Crippen LogP contribution in [0.15, 0.2) is 54.9 Å². The fourth-order valence-electron chi connectivity index (χ4n) is 4.41. The molecular weight excluding hydrogens is 417 g/mol. The molecule has 2 aromatic carbocycles. The van der Waals surface area contributed by atoms with E-state index in [0.29, 0.717) is 40.7 Å². The van der Waals surface area contributed by atoms with Crippen molar-refractivity contribution in [1.82, 2.24) is 15.3 Å². The molecule has 1 N–H and O–H groups in total. The third-order valence-electron chi connectivity index (χ3n) is 6.26. The molecule has 1 aliphatic carbocycles. The lowest BCUT2D eigenvalue weighted by atomic mass is 9.64. The number of amides is 1. The topological polar surface area (TPSA) is 64.1 Å². The summed E-state index contributed by atoms with van der Waals surface area (Å²) in [4.78, 5) is 21.6. The van der Waals surface area contributed by atoms with Crippen LogP contribution < -0.4 is 10.1 Å². The van der Waals surface area contributed by atoms with Crippen LogP contribution in [0.5, 0.6) is 5.75 Å². The smallest absolute Gasteiger partial charge is 0.230 e. The zero-order valence-corrected chi connectivity index (χ0v) is 17.5. The quantitative estimate of drug-likeness (QED) is 0.639. The van der Waals surface area contributed by atoms with E-state index in [2.05, 4.69) is 15.3 Å². The van der Waals surface area contributed by atoms with Gasteiger partial charge in [0.1, 0.15) is 17.7 Å². The van der Waals surface area contributed by atoms with Gasteiger partial charge in [-0.25, -0.2) is 14.4 Å². The lowest BCUT2D eigenvalue weighted by Crippen LogP contribution is -2.51. The van der Waals surface area contributed by atoms with E-state index in [0.717, 1.165) is 24.8 Å². The van der Waals surface area contributed by atoms with Gasteiger partial charge in [-0.3, -0.25) is 4.79 Å². The van der Waals surface area contributed by atoms with Crippen molar-refractivity contribution in [2.24, 2.45) is 0 Å². The maximum atomic E-state index is 14.4. The number of hydrogen-bond donors (Lipinski definition) is 1. The van der Waals surface area contributed by atoms with Gasteiger partial charge in [-0.05, 0) is 48.7 Å². The average Bonchev–Trinajstić information content (AvgIpc) is 3.19. The Kier molecular flexibility index (Phi) is 5.10. The summed E-state index contributed by atoms with van der Waals surface area (Å²) in [5.74, 6) is 0.606. The Balaban J connectivity index is 1.31. The number of ether oxygens (including phenoxy) is 1. The zero-order valence-electron chi connectivity index (χ0n) is 16.8. The first kappa shape index (κ1) is 19.9. The van der Waals surface area contributed by atoms with Crippen LogP contribution in [0.4, 0.5) is 4.39 Å². The van der Waals surface area contributed by atoms with Crippen molar-refractivity contribution in [2.75, 3.05) is 6.54 Å². The van der Waals surface area contributed by atoms with Crippen LogP contribution in [-0.4, -0.2) is 28.5 Å². The number of rotatable bonds is 5. The van der Waals surface area contributed by atoms with Gasteiger partial charge in [0.25, 0.3) is 0 Å². The lowest BCUT2D eigenvalue weighted by Gasteiger charge is -2.41. The molecule has 5 rings (SSSR count). The Morgan fingerprint density at radius 3 is 2.58 bits per heavy atom. The zero-order chi connectivity index (χ0) is 21.4. The van der Waals surface area contributed by atoms with Gasteiger partial charge in [0.05, 0.1) is 17.5 Å². The van der Waals surface area contributed by atoms with Crippen molar-refractivity contribution in [3.8, 4) is 17.1 Å². The fourth-order valence-corrected chi connectivity index (χ4v) is 4.54. The molecule has 2 aliphatic rings. The second-order valence-electron chi connectivity index (χ2n) is 8.07. The van der Waals surface area contributed by atoms with Gasteiger partial charge in [-0.15, -0.1) is 0 Å². The highest BCUT2D eigenvalue weighted by atomic mass is 35.5. The monoisotopic (exact) mass is 437 g/mol. The highest BCUT2D eigenvalue weighted by molar-refractivity contribution is 6.30. The van der Waals surface area contributed by atoms with E-state index in [4.69, 9.17) is 16.3 Å². The molecule has 5 nitrogen and oxygen atoms in total. The molecule has 1 amide bonds. The summed E-state index contributed by atoms with van der Waals surface area (Å²) >= 11 is 6.01. The first-order chi connectivity index (χ1) is 15.1. The van der Waals surface area contributed by atoms with Gasteiger partial charge in [-0.1, -0.05) is 30.2 Å². The molecule has 2 heterocycles. The van der Waals surface area contributed by atoms with Gasteiger partial charge in [0, 0.05) is 29.4 Å². The minimum atomic E-state index is -0.523. The van der Waals surface area contributed by atoms with Crippen LogP contribution in [0.2, 0.25) is 5.02 Å². The first-order valence-corrected chi connectivity index (χ1v) is 10.7. The summed E-state index contributed by atoms with van der Waals surface area (Å²) in [6.07, 6.45) is 5.93. The van der Waals surface area contributed by atoms with Crippen LogP contribution in [0.3, 0.4) is 0 Å². The second-order valence-corrected chi connectivity index (χ2v) is 8.51. The average molecular weight is 438 g/mol. The highest BCUT2D eigenvalue weighted by Crippen LogP contribution is 2.44. The van der Waals surface area contributed by atoms with Crippen LogP contribution >= 0.6 is 11.6 Å². The molecule has 0 bridgehead atoms. The van der Waals surface area contributed by atoms with Crippen molar-refractivity contribution >= 4 is 17.5 Å². The van der Waals surface area contributed by atoms with Crippen LogP contribution in [0, 0.1) is 5.82 Å². The molecule has 1 saturated carbocycles. The Labute approximate surface area is 184 Å². The maximum Gasteiger partial charge on any atom is 0.230 e. The largest absolute Gasteiger partial charge is 0.487 e. The molecule has 1 aromatic heterocycles. The first-order valence-electron chi connectivity index (χ1n) is 10.4. The van der Waals surface area contributed by atoms with Gasteiger partial charge >= 0.3 is 0 Å². The number of halogens is 2. The summed E-state index contributed by atoms with van der Waals surface area (Å²) in [6, 6.07) is 12.2. The van der Waals surface area contributed by atoms with Gasteiger partial charge < -0.3 is 10.1 Å². The summed E-state index contributed by atoms with van der Waals surface area (Å²) < 4.78 is 20.5. The maximum absolute atomic E-state index is 14.4. The van der Waals surface area contributed by atoms with E-state index in [1.54, 1.807) is 24.5 Å². The van der Waals surface area contributed by atoms with Crippen molar-refractivity contribution < 1.29 is 13.9 Å². The Hall–Kier alpha value is -2.99. The van der Waals surface area contributed by atoms with E-state index in [1.165, 1.54) is 6.07 Å². The molecule has 0 unspecified atom stereocenters. The van der Waals surface area contributed by atoms with E-state index in [1.807, 2.05) is 24.3 Å². The number of nitrogens with zero attached hydrogens (tertiary/aromatic N) is 2. The molecular formula is C24H21ClFN3O2. The molecule has 1 atom stereocenters. The van der Waals surface area contributed by atoms with E-state index < -0.39 is 5.41 Å². The number of nitrogens with one attached hydrogen (secondary N) is 1. The summed E-state index contributed by atoms with van der Waals surface area (Å²) in [6.45, 7) is 0.303. The molecule has 0 saturated heterocycles. The van der Waals surface area contributed by atoms with Crippen LogP contribution in [-0.2, 0) is 16.6 Å². The number of aromatic nitrogens is 2. The van der Waals surface area contributed by atoms with E-state index in [9.17, 15) is 9.18 Å². The minimum Gasteiger partial charge on any atom is -0.487 e. The molecule has 1 aliphatic heterocycles. The van der Waals surface area contributed by atoms with Gasteiger partial charge in [0.2, 0.25) is 5.91 Å². The van der Waals surface area contributed by atoms with E-state index >= 15 is 0 Å². The summed E-state index contributed by atoms with van der Waals surface area (Å²) in [7, 11) is 0. The Bertz CT molecular complexity index is 1120. The third kappa shape index (κ3) is 3.55. The number of carbonyl (C=O) groups is 1. The fraction of sp³-hybridized carbons (Fsp3) is 0.292. The number of carbonyl (C=O) groups excluding carboxylic acids is 1.